The zero-order valence-electron chi connectivity index (χ0n) is 19.9. The van der Waals surface area contributed by atoms with Gasteiger partial charge in [0.15, 0.2) is 5.78 Å². The summed E-state index contributed by atoms with van der Waals surface area (Å²) in [5, 5.41) is 10.7. The molecule has 32 heavy (non-hydrogen) atoms. The number of carbonyl (C=O) groups is 1. The van der Waals surface area contributed by atoms with E-state index in [0.29, 0.717) is 0 Å². The van der Waals surface area contributed by atoms with Gasteiger partial charge in [-0.15, -0.1) is 34.9 Å². The van der Waals surface area contributed by atoms with Crippen LogP contribution in [-0.4, -0.2) is 15.9 Å². The van der Waals surface area contributed by atoms with Gasteiger partial charge in [-0.3, -0.25) is 9.78 Å². The van der Waals surface area contributed by atoms with E-state index in [-0.39, 0.29) is 43.5 Å². The number of pyridine rings is 1. The molecular weight excluding hydrogens is 575 g/mol. The molecule has 4 heteroatoms. The van der Waals surface area contributed by atoms with Gasteiger partial charge in [0, 0.05) is 38.0 Å². The van der Waals surface area contributed by atoms with Crippen LogP contribution in [-0.2, 0) is 24.9 Å². The molecule has 1 aromatic heterocycles. The summed E-state index contributed by atoms with van der Waals surface area (Å²) in [6, 6.07) is 20.0. The third-order valence-electron chi connectivity index (χ3n) is 5.29. The van der Waals surface area contributed by atoms with Gasteiger partial charge in [0.25, 0.3) is 0 Å². The van der Waals surface area contributed by atoms with Crippen molar-refractivity contribution in [3.05, 3.63) is 77.6 Å². The summed E-state index contributed by atoms with van der Waals surface area (Å²) >= 11 is 0. The van der Waals surface area contributed by atoms with E-state index in [1.807, 2.05) is 45.9 Å². The maximum Gasteiger partial charge on any atom is 0.161 e. The normalized spacial score (nSPS) is 11.2. The van der Waals surface area contributed by atoms with Crippen LogP contribution in [0.2, 0.25) is 0 Å². The van der Waals surface area contributed by atoms with Crippen molar-refractivity contribution in [2.75, 3.05) is 0 Å². The van der Waals surface area contributed by atoms with Crippen LogP contribution in [0.15, 0.2) is 60.4 Å². The molecule has 1 N–H and O–H groups in total. The number of aliphatic hydroxyl groups is 1. The maximum absolute atomic E-state index is 11.3. The predicted octanol–water partition coefficient (Wildman–Crippen LogP) is 7.41. The van der Waals surface area contributed by atoms with E-state index < -0.39 is 0 Å². The molecule has 173 valence electrons. The molecule has 0 aliphatic rings. The zero-order valence-corrected chi connectivity index (χ0v) is 22.3. The number of fused-ring (bicyclic) bond motifs is 1. The van der Waals surface area contributed by atoms with Gasteiger partial charge in [0.05, 0.1) is 11.3 Å². The Labute approximate surface area is 206 Å². The van der Waals surface area contributed by atoms with E-state index in [1.54, 1.807) is 0 Å². The minimum absolute atomic E-state index is 0. The number of carbonyl (C=O) groups excluding carboxylic acids is 1. The van der Waals surface area contributed by atoms with Crippen molar-refractivity contribution in [3.8, 4) is 11.3 Å². The third-order valence-corrected chi connectivity index (χ3v) is 5.29. The van der Waals surface area contributed by atoms with Gasteiger partial charge in [0.2, 0.25) is 0 Å². The third kappa shape index (κ3) is 8.00. The summed E-state index contributed by atoms with van der Waals surface area (Å²) in [6.45, 7) is 11.9. The number of ketones is 1. The van der Waals surface area contributed by atoms with E-state index in [9.17, 15) is 9.90 Å². The summed E-state index contributed by atoms with van der Waals surface area (Å²) in [5.74, 6) is 0.354. The van der Waals surface area contributed by atoms with Crippen LogP contribution in [0.4, 0.5) is 0 Å². The fourth-order valence-corrected chi connectivity index (χ4v) is 3.39. The zero-order chi connectivity index (χ0) is 23.0. The Morgan fingerprint density at radius 3 is 2.31 bits per heavy atom. The first kappa shape index (κ1) is 27.7. The number of hydrogen-bond acceptors (Lipinski definition) is 3. The standard InChI is InChI=1S/C17H14N.C11H20O2.Ir/c1-12-9-13(2)11-15(10-12)17-8-7-14-5-3-4-6-16(14)18-17;1-5-9(6-2)11(13)7-10(12)8(3)4;/h3-10H,1-2H3;7-9,13H,5-6H2,1-4H3;/q-1;;/b;11-7-;. The molecular formula is C28H34IrNO2-. The Morgan fingerprint density at radius 2 is 1.72 bits per heavy atom. The molecule has 1 heterocycles. The van der Waals surface area contributed by atoms with E-state index in [4.69, 9.17) is 4.98 Å². The molecule has 0 saturated heterocycles. The van der Waals surface area contributed by atoms with Crippen LogP contribution in [0.1, 0.15) is 51.7 Å². The van der Waals surface area contributed by atoms with Crippen LogP contribution in [0.25, 0.3) is 22.2 Å². The number of allylic oxidation sites excluding steroid dienone is 2. The van der Waals surface area contributed by atoms with E-state index in [0.717, 1.165) is 35.2 Å². The van der Waals surface area contributed by atoms with Gasteiger partial charge < -0.3 is 5.11 Å². The molecule has 0 amide bonds. The van der Waals surface area contributed by atoms with Gasteiger partial charge in [-0.2, -0.15) is 0 Å². The molecule has 0 spiro atoms. The van der Waals surface area contributed by atoms with Crippen molar-refractivity contribution in [1.29, 1.82) is 0 Å². The number of para-hydroxylation sites is 1. The van der Waals surface area contributed by atoms with Crippen molar-refractivity contribution in [2.45, 2.75) is 54.4 Å². The van der Waals surface area contributed by atoms with E-state index in [1.165, 1.54) is 17.0 Å². The molecule has 0 unspecified atom stereocenters. The van der Waals surface area contributed by atoms with Crippen molar-refractivity contribution in [3.63, 3.8) is 0 Å². The van der Waals surface area contributed by atoms with Gasteiger partial charge in [-0.1, -0.05) is 71.9 Å². The minimum atomic E-state index is -0.0310. The van der Waals surface area contributed by atoms with Crippen molar-refractivity contribution in [2.24, 2.45) is 11.8 Å². The molecule has 3 aromatic rings. The molecule has 0 aliphatic heterocycles. The SMILES string of the molecule is CCC(CC)/C(O)=C/C(=O)C(C)C.Cc1[c-]c(-c2ccc3ccccc3n2)cc(C)c1.[Ir]. The number of benzene rings is 2. The maximum atomic E-state index is 11.3. The first-order valence-electron chi connectivity index (χ1n) is 11.1. The summed E-state index contributed by atoms with van der Waals surface area (Å²) in [5.41, 5.74) is 5.48. The average molecular weight is 609 g/mol. The Kier molecular flexibility index (Phi) is 11.5. The van der Waals surface area contributed by atoms with Crippen LogP contribution < -0.4 is 0 Å². The van der Waals surface area contributed by atoms with Crippen molar-refractivity contribution >= 4 is 16.7 Å². The minimum Gasteiger partial charge on any atom is -0.512 e. The second kappa shape index (κ2) is 13.3. The number of aromatic nitrogens is 1. The summed E-state index contributed by atoms with van der Waals surface area (Å²) in [4.78, 5) is 15.9. The first-order chi connectivity index (χ1) is 14.7. The van der Waals surface area contributed by atoms with Gasteiger partial charge >= 0.3 is 0 Å². The Bertz CT molecular complexity index is 1030. The molecule has 3 nitrogen and oxygen atoms in total. The fraction of sp³-hybridized carbons (Fsp3) is 0.357. The summed E-state index contributed by atoms with van der Waals surface area (Å²) in [6.07, 6.45) is 3.14. The first-order valence-corrected chi connectivity index (χ1v) is 11.1. The Balaban J connectivity index is 0.000000330. The van der Waals surface area contributed by atoms with Crippen LogP contribution in [0.5, 0.6) is 0 Å². The van der Waals surface area contributed by atoms with Crippen LogP contribution in [0, 0.1) is 31.7 Å². The van der Waals surface area contributed by atoms with Gasteiger partial charge in [0.1, 0.15) is 0 Å². The van der Waals surface area contributed by atoms with Crippen LogP contribution >= 0.6 is 0 Å². The topological polar surface area (TPSA) is 50.2 Å². The summed E-state index contributed by atoms with van der Waals surface area (Å²) in [7, 11) is 0. The fourth-order valence-electron chi connectivity index (χ4n) is 3.39. The van der Waals surface area contributed by atoms with Gasteiger partial charge in [-0.25, -0.2) is 0 Å². The average Bonchev–Trinajstić information content (AvgIpc) is 2.74. The Hall–Kier alpha value is -2.29. The number of aryl methyl sites for hydroxylation is 2. The second-order valence-corrected chi connectivity index (χ2v) is 8.28. The van der Waals surface area contributed by atoms with E-state index in [2.05, 4.69) is 50.2 Å². The Morgan fingerprint density at radius 1 is 1.06 bits per heavy atom. The van der Waals surface area contributed by atoms with Crippen molar-refractivity contribution in [1.82, 2.24) is 4.98 Å². The summed E-state index contributed by atoms with van der Waals surface area (Å²) < 4.78 is 0. The van der Waals surface area contributed by atoms with Crippen LogP contribution in [0.3, 0.4) is 0 Å². The molecule has 0 atom stereocenters. The number of nitrogens with zero attached hydrogens (tertiary/aromatic N) is 1. The second-order valence-electron chi connectivity index (χ2n) is 8.28. The molecule has 0 fully saturated rings. The molecule has 1 radical (unpaired) electrons. The van der Waals surface area contributed by atoms with E-state index >= 15 is 0 Å². The molecule has 2 aromatic carbocycles. The number of hydrogen-bond donors (Lipinski definition) is 1. The monoisotopic (exact) mass is 609 g/mol. The molecule has 0 saturated carbocycles. The smallest absolute Gasteiger partial charge is 0.161 e. The largest absolute Gasteiger partial charge is 0.512 e. The number of aliphatic hydroxyl groups excluding tert-OH is 1. The molecule has 3 rings (SSSR count). The molecule has 0 aliphatic carbocycles. The number of rotatable bonds is 6. The van der Waals surface area contributed by atoms with Gasteiger partial charge in [-0.05, 0) is 30.0 Å². The van der Waals surface area contributed by atoms with Crippen molar-refractivity contribution < 1.29 is 30.0 Å². The quantitative estimate of drug-likeness (QED) is 0.180. The molecule has 0 bridgehead atoms. The predicted molar refractivity (Wildman–Crippen MR) is 130 cm³/mol.